The highest BCUT2D eigenvalue weighted by molar-refractivity contribution is 8.00. The second-order valence-corrected chi connectivity index (χ2v) is 5.31. The third kappa shape index (κ3) is 3.54. The minimum Gasteiger partial charge on any atom is -0.337 e. The minimum atomic E-state index is 0.205. The lowest BCUT2D eigenvalue weighted by atomic mass is 10.2. The number of amides is 1. The van der Waals surface area contributed by atoms with E-state index in [1.807, 2.05) is 16.7 Å². The molecule has 1 aliphatic heterocycles. The lowest BCUT2D eigenvalue weighted by Crippen LogP contribution is -2.50. The van der Waals surface area contributed by atoms with Gasteiger partial charge < -0.3 is 10.2 Å². The summed E-state index contributed by atoms with van der Waals surface area (Å²) >= 11 is 1.95. The van der Waals surface area contributed by atoms with E-state index in [0.717, 1.165) is 12.3 Å². The van der Waals surface area contributed by atoms with Crippen LogP contribution in [-0.2, 0) is 4.79 Å². The highest BCUT2D eigenvalue weighted by atomic mass is 32.2. The summed E-state index contributed by atoms with van der Waals surface area (Å²) in [4.78, 5) is 13.8. The van der Waals surface area contributed by atoms with Crippen molar-refractivity contribution in [3.63, 3.8) is 0 Å². The molecule has 86 valence electrons. The number of nitrogens with one attached hydrogen (secondary N) is 1. The maximum absolute atomic E-state index is 11.8. The number of hydrogen-bond donors (Lipinski definition) is 1. The summed E-state index contributed by atoms with van der Waals surface area (Å²) in [6.45, 7) is 9.92. The van der Waals surface area contributed by atoms with E-state index in [4.69, 9.17) is 0 Å². The lowest BCUT2D eigenvalue weighted by Gasteiger charge is -2.37. The van der Waals surface area contributed by atoms with Crippen LogP contribution in [0.2, 0.25) is 0 Å². The summed E-state index contributed by atoms with van der Waals surface area (Å²) < 4.78 is 0. The molecule has 0 saturated carbocycles. The zero-order chi connectivity index (χ0) is 11.3. The normalized spacial score (nSPS) is 26.4. The molecule has 1 amide bonds. The van der Waals surface area contributed by atoms with Crippen LogP contribution in [0.15, 0.2) is 12.7 Å². The van der Waals surface area contributed by atoms with E-state index in [-0.39, 0.29) is 5.91 Å². The monoisotopic (exact) mass is 228 g/mol. The summed E-state index contributed by atoms with van der Waals surface area (Å²) in [6.07, 6.45) is 1.77. The molecule has 0 aliphatic carbocycles. The Labute approximate surface area is 96.3 Å². The summed E-state index contributed by atoms with van der Waals surface area (Å²) in [5, 5.41) is 3.60. The summed E-state index contributed by atoms with van der Waals surface area (Å²) in [6, 6.07) is 0.349. The van der Waals surface area contributed by atoms with Crippen LogP contribution < -0.4 is 5.32 Å². The number of rotatable bonds is 4. The Morgan fingerprint density at radius 1 is 1.67 bits per heavy atom. The fourth-order valence-electron chi connectivity index (χ4n) is 1.67. The van der Waals surface area contributed by atoms with Gasteiger partial charge in [0.25, 0.3) is 0 Å². The molecule has 2 unspecified atom stereocenters. The molecule has 3 nitrogen and oxygen atoms in total. The summed E-state index contributed by atoms with van der Waals surface area (Å²) in [5.41, 5.74) is 0. The van der Waals surface area contributed by atoms with Gasteiger partial charge >= 0.3 is 0 Å². The molecule has 1 fully saturated rings. The third-order valence-electron chi connectivity index (χ3n) is 2.77. The van der Waals surface area contributed by atoms with Gasteiger partial charge in [0.15, 0.2) is 0 Å². The molecule has 1 rings (SSSR count). The van der Waals surface area contributed by atoms with Crippen molar-refractivity contribution in [3.05, 3.63) is 12.7 Å². The SMILES string of the molecule is C=CCNCC(=O)N1CCSC(C)C1C. The number of carbonyl (C=O) groups excluding carboxylic acids is 1. The first-order valence-electron chi connectivity index (χ1n) is 5.39. The van der Waals surface area contributed by atoms with Gasteiger partial charge in [0.1, 0.15) is 0 Å². The van der Waals surface area contributed by atoms with E-state index in [9.17, 15) is 4.79 Å². The molecule has 0 aromatic rings. The summed E-state index contributed by atoms with van der Waals surface area (Å²) in [7, 11) is 0. The van der Waals surface area contributed by atoms with Crippen LogP contribution in [0, 0.1) is 0 Å². The number of hydrogen-bond acceptors (Lipinski definition) is 3. The molecular weight excluding hydrogens is 208 g/mol. The lowest BCUT2D eigenvalue weighted by molar-refractivity contribution is -0.132. The molecule has 1 N–H and O–H groups in total. The molecule has 0 aromatic carbocycles. The molecule has 1 saturated heterocycles. The predicted octanol–water partition coefficient (Wildman–Crippen LogP) is 1.11. The maximum atomic E-state index is 11.8. The molecule has 0 bridgehead atoms. The average Bonchev–Trinajstić information content (AvgIpc) is 2.22. The zero-order valence-electron chi connectivity index (χ0n) is 9.53. The molecule has 0 radical (unpaired) electrons. The van der Waals surface area contributed by atoms with Gasteiger partial charge in [-0.05, 0) is 6.92 Å². The molecule has 4 heteroatoms. The van der Waals surface area contributed by atoms with E-state index in [2.05, 4.69) is 25.7 Å². The topological polar surface area (TPSA) is 32.3 Å². The van der Waals surface area contributed by atoms with E-state index in [1.54, 1.807) is 6.08 Å². The van der Waals surface area contributed by atoms with E-state index < -0.39 is 0 Å². The van der Waals surface area contributed by atoms with Crippen LogP contribution in [-0.4, -0.2) is 47.5 Å². The number of carbonyl (C=O) groups is 1. The third-order valence-corrected chi connectivity index (χ3v) is 4.11. The van der Waals surface area contributed by atoms with Crippen molar-refractivity contribution in [3.8, 4) is 0 Å². The number of nitrogens with zero attached hydrogens (tertiary/aromatic N) is 1. The second kappa shape index (κ2) is 6.18. The largest absolute Gasteiger partial charge is 0.337 e. The molecule has 15 heavy (non-hydrogen) atoms. The Bertz CT molecular complexity index is 233. The summed E-state index contributed by atoms with van der Waals surface area (Å²) in [5.74, 6) is 1.26. The second-order valence-electron chi connectivity index (χ2n) is 3.82. The molecule has 2 atom stereocenters. The van der Waals surface area contributed by atoms with Gasteiger partial charge in [-0.15, -0.1) is 6.58 Å². The Kier molecular flexibility index (Phi) is 5.19. The van der Waals surface area contributed by atoms with Crippen LogP contribution in [0.4, 0.5) is 0 Å². The Morgan fingerprint density at radius 2 is 2.40 bits per heavy atom. The van der Waals surface area contributed by atoms with Crippen molar-refractivity contribution in [2.24, 2.45) is 0 Å². The van der Waals surface area contributed by atoms with Crippen molar-refractivity contribution in [2.75, 3.05) is 25.4 Å². The van der Waals surface area contributed by atoms with Crippen LogP contribution in [0.3, 0.4) is 0 Å². The Balaban J connectivity index is 2.40. The van der Waals surface area contributed by atoms with Gasteiger partial charge in [0, 0.05) is 30.1 Å². The first kappa shape index (κ1) is 12.6. The molecule has 0 aromatic heterocycles. The van der Waals surface area contributed by atoms with Gasteiger partial charge in [-0.1, -0.05) is 13.0 Å². The van der Waals surface area contributed by atoms with Gasteiger partial charge in [0.05, 0.1) is 6.54 Å². The van der Waals surface area contributed by atoms with Crippen molar-refractivity contribution in [2.45, 2.75) is 25.1 Å². The fraction of sp³-hybridized carbons (Fsp3) is 0.727. The highest BCUT2D eigenvalue weighted by Crippen LogP contribution is 2.23. The number of thioether (sulfide) groups is 1. The molecule has 0 spiro atoms. The van der Waals surface area contributed by atoms with Gasteiger partial charge in [-0.25, -0.2) is 0 Å². The van der Waals surface area contributed by atoms with Gasteiger partial charge in [-0.3, -0.25) is 4.79 Å². The van der Waals surface area contributed by atoms with E-state index in [0.29, 0.717) is 24.4 Å². The van der Waals surface area contributed by atoms with Crippen LogP contribution in [0.5, 0.6) is 0 Å². The molecular formula is C11H20N2OS. The zero-order valence-corrected chi connectivity index (χ0v) is 10.3. The standard InChI is InChI=1S/C11H20N2OS/c1-4-5-12-8-11(14)13-6-7-15-10(3)9(13)2/h4,9-10,12H,1,5-8H2,2-3H3. The smallest absolute Gasteiger partial charge is 0.236 e. The van der Waals surface area contributed by atoms with Crippen molar-refractivity contribution in [1.29, 1.82) is 0 Å². The van der Waals surface area contributed by atoms with E-state index >= 15 is 0 Å². The van der Waals surface area contributed by atoms with Crippen LogP contribution >= 0.6 is 11.8 Å². The minimum absolute atomic E-state index is 0.205. The van der Waals surface area contributed by atoms with E-state index in [1.165, 1.54) is 0 Å². The van der Waals surface area contributed by atoms with Crippen molar-refractivity contribution in [1.82, 2.24) is 10.2 Å². The highest BCUT2D eigenvalue weighted by Gasteiger charge is 2.28. The molecule has 1 aliphatic rings. The first-order chi connectivity index (χ1) is 7.16. The van der Waals surface area contributed by atoms with Crippen molar-refractivity contribution < 1.29 is 4.79 Å². The average molecular weight is 228 g/mol. The van der Waals surface area contributed by atoms with Gasteiger partial charge in [0.2, 0.25) is 5.91 Å². The maximum Gasteiger partial charge on any atom is 0.236 e. The van der Waals surface area contributed by atoms with Crippen LogP contribution in [0.1, 0.15) is 13.8 Å². The quantitative estimate of drug-likeness (QED) is 0.578. The Morgan fingerprint density at radius 3 is 3.07 bits per heavy atom. The predicted molar refractivity (Wildman–Crippen MR) is 66.2 cm³/mol. The Hall–Kier alpha value is -0.480. The van der Waals surface area contributed by atoms with Crippen molar-refractivity contribution >= 4 is 17.7 Å². The fourth-order valence-corrected chi connectivity index (χ4v) is 2.77. The van der Waals surface area contributed by atoms with Crippen LogP contribution in [0.25, 0.3) is 0 Å². The molecule has 1 heterocycles. The first-order valence-corrected chi connectivity index (χ1v) is 6.44. The van der Waals surface area contributed by atoms with Gasteiger partial charge in [-0.2, -0.15) is 11.8 Å².